The van der Waals surface area contributed by atoms with E-state index >= 15 is 0 Å². The van der Waals surface area contributed by atoms with Crippen molar-refractivity contribution in [2.75, 3.05) is 26.3 Å². The average molecular weight is 365 g/mol. The number of aryl methyl sites for hydroxylation is 1. The summed E-state index contributed by atoms with van der Waals surface area (Å²) in [6.07, 6.45) is 4.48. The van der Waals surface area contributed by atoms with Crippen LogP contribution in [0.5, 0.6) is 0 Å². The van der Waals surface area contributed by atoms with Gasteiger partial charge >= 0.3 is 0 Å². The molecule has 1 aliphatic heterocycles. The number of morpholine rings is 1. The second-order valence-corrected chi connectivity index (χ2v) is 8.06. The predicted octanol–water partition coefficient (Wildman–Crippen LogP) is 2.63. The van der Waals surface area contributed by atoms with Crippen LogP contribution in [0.25, 0.3) is 0 Å². The molecule has 0 unspecified atom stereocenters. The lowest BCUT2D eigenvalue weighted by atomic mass is 9.87. The maximum absolute atomic E-state index is 12.7. The van der Waals surface area contributed by atoms with Gasteiger partial charge in [0.1, 0.15) is 0 Å². The van der Waals surface area contributed by atoms with E-state index in [-0.39, 0.29) is 23.8 Å². The first kappa shape index (κ1) is 18.4. The smallest absolute Gasteiger partial charge is 0.264 e. The molecule has 0 bridgehead atoms. The van der Waals surface area contributed by atoms with E-state index in [2.05, 4.69) is 19.2 Å². The highest BCUT2D eigenvalue weighted by atomic mass is 32.1. The van der Waals surface area contributed by atoms with Crippen LogP contribution in [0.15, 0.2) is 6.07 Å². The lowest BCUT2D eigenvalue weighted by molar-refractivity contribution is -0.126. The van der Waals surface area contributed by atoms with E-state index in [1.165, 1.54) is 10.4 Å². The van der Waals surface area contributed by atoms with Crippen LogP contribution in [0.3, 0.4) is 0 Å². The minimum absolute atomic E-state index is 0.0361. The van der Waals surface area contributed by atoms with Crippen molar-refractivity contribution in [3.63, 3.8) is 0 Å². The monoisotopic (exact) mass is 364 g/mol. The molecule has 0 saturated carbocycles. The normalized spacial score (nSPS) is 20.4. The molecule has 1 saturated heterocycles. The minimum atomic E-state index is 0.0361. The fourth-order valence-electron chi connectivity index (χ4n) is 3.59. The van der Waals surface area contributed by atoms with Crippen LogP contribution in [0.4, 0.5) is 0 Å². The summed E-state index contributed by atoms with van der Waals surface area (Å²) in [4.78, 5) is 29.2. The van der Waals surface area contributed by atoms with Gasteiger partial charge in [0.25, 0.3) is 5.91 Å². The summed E-state index contributed by atoms with van der Waals surface area (Å²) in [5, 5.41) is 3.17. The number of fused-ring (bicyclic) bond motifs is 1. The van der Waals surface area contributed by atoms with Gasteiger partial charge in [-0.05, 0) is 43.7 Å². The van der Waals surface area contributed by atoms with E-state index in [9.17, 15) is 9.59 Å². The van der Waals surface area contributed by atoms with Crippen molar-refractivity contribution in [2.24, 2.45) is 5.92 Å². The number of thiophene rings is 1. The van der Waals surface area contributed by atoms with Crippen molar-refractivity contribution >= 4 is 23.2 Å². The standard InChI is InChI=1S/C19H28N2O3S/c1-3-15(4-2)20-18(22)13-5-6-16-14(11-13)12-17(25-16)19(23)21-7-9-24-10-8-21/h12-13,15H,3-11H2,1-2H3,(H,20,22)/t13-/m1/s1. The lowest BCUT2D eigenvalue weighted by Gasteiger charge is -2.26. The number of nitrogens with one attached hydrogen (secondary N) is 1. The molecule has 3 rings (SSSR count). The Bertz CT molecular complexity index is 618. The lowest BCUT2D eigenvalue weighted by Crippen LogP contribution is -2.40. The fourth-order valence-corrected chi connectivity index (χ4v) is 4.76. The molecule has 0 spiro atoms. The topological polar surface area (TPSA) is 58.6 Å². The summed E-state index contributed by atoms with van der Waals surface area (Å²) in [5.41, 5.74) is 1.19. The molecule has 1 aliphatic carbocycles. The van der Waals surface area contributed by atoms with Gasteiger partial charge in [-0.1, -0.05) is 13.8 Å². The Morgan fingerprint density at radius 3 is 2.72 bits per heavy atom. The maximum atomic E-state index is 12.7. The molecular weight excluding hydrogens is 336 g/mol. The van der Waals surface area contributed by atoms with Gasteiger partial charge in [0.05, 0.1) is 18.1 Å². The molecule has 25 heavy (non-hydrogen) atoms. The predicted molar refractivity (Wildman–Crippen MR) is 99.1 cm³/mol. The highest BCUT2D eigenvalue weighted by Crippen LogP contribution is 2.33. The summed E-state index contributed by atoms with van der Waals surface area (Å²) in [5.74, 6) is 0.321. The average Bonchev–Trinajstić information content (AvgIpc) is 3.09. The number of carbonyl (C=O) groups excluding carboxylic acids is 2. The zero-order valence-corrected chi connectivity index (χ0v) is 16.0. The molecule has 0 aromatic carbocycles. The second kappa shape index (κ2) is 8.32. The molecule has 5 nitrogen and oxygen atoms in total. The van der Waals surface area contributed by atoms with E-state index in [1.54, 1.807) is 11.3 Å². The molecule has 138 valence electrons. The fraction of sp³-hybridized carbons (Fsp3) is 0.684. The van der Waals surface area contributed by atoms with Gasteiger partial charge in [0.2, 0.25) is 5.91 Å². The largest absolute Gasteiger partial charge is 0.378 e. The molecule has 1 N–H and O–H groups in total. The number of hydrogen-bond acceptors (Lipinski definition) is 4. The van der Waals surface area contributed by atoms with Gasteiger partial charge in [-0.2, -0.15) is 0 Å². The molecule has 6 heteroatoms. The third kappa shape index (κ3) is 4.23. The maximum Gasteiger partial charge on any atom is 0.264 e. The Hall–Kier alpha value is -1.40. The number of hydrogen-bond donors (Lipinski definition) is 1. The molecule has 0 radical (unpaired) electrons. The van der Waals surface area contributed by atoms with E-state index in [1.807, 2.05) is 11.0 Å². The Labute approximate surface area is 153 Å². The van der Waals surface area contributed by atoms with E-state index in [0.717, 1.165) is 37.0 Å². The molecule has 1 fully saturated rings. The highest BCUT2D eigenvalue weighted by Gasteiger charge is 2.29. The third-order valence-corrected chi connectivity index (χ3v) is 6.52. The van der Waals surface area contributed by atoms with Gasteiger partial charge in [0.15, 0.2) is 0 Å². The highest BCUT2D eigenvalue weighted by molar-refractivity contribution is 7.14. The number of carbonyl (C=O) groups is 2. The van der Waals surface area contributed by atoms with Gasteiger partial charge in [0, 0.05) is 29.9 Å². The van der Waals surface area contributed by atoms with Crippen molar-refractivity contribution in [3.8, 4) is 0 Å². The van der Waals surface area contributed by atoms with E-state index in [4.69, 9.17) is 4.74 Å². The SMILES string of the molecule is CCC(CC)NC(=O)[C@@H]1CCc2sc(C(=O)N3CCOCC3)cc2C1. The molecule has 1 aromatic heterocycles. The first-order valence-corrected chi connectivity index (χ1v) is 10.2. The van der Waals surface area contributed by atoms with Crippen molar-refractivity contribution in [1.29, 1.82) is 0 Å². The first-order chi connectivity index (χ1) is 12.1. The van der Waals surface area contributed by atoms with Crippen LogP contribution < -0.4 is 5.32 Å². The summed E-state index contributed by atoms with van der Waals surface area (Å²) in [7, 11) is 0. The van der Waals surface area contributed by atoms with Crippen LogP contribution in [0.2, 0.25) is 0 Å². The Morgan fingerprint density at radius 1 is 1.32 bits per heavy atom. The molecule has 2 heterocycles. The Morgan fingerprint density at radius 2 is 2.04 bits per heavy atom. The zero-order chi connectivity index (χ0) is 17.8. The van der Waals surface area contributed by atoms with Crippen LogP contribution in [-0.4, -0.2) is 49.1 Å². The number of rotatable bonds is 5. The van der Waals surface area contributed by atoms with Crippen LogP contribution in [-0.2, 0) is 22.4 Å². The number of amides is 2. The van der Waals surface area contributed by atoms with Gasteiger partial charge in [-0.25, -0.2) is 0 Å². The van der Waals surface area contributed by atoms with Gasteiger partial charge < -0.3 is 15.0 Å². The van der Waals surface area contributed by atoms with E-state index in [0.29, 0.717) is 26.3 Å². The third-order valence-electron chi connectivity index (χ3n) is 5.29. The van der Waals surface area contributed by atoms with E-state index < -0.39 is 0 Å². The molecule has 2 aliphatic rings. The molecule has 2 amide bonds. The van der Waals surface area contributed by atoms with Crippen molar-refractivity contribution in [2.45, 2.75) is 52.0 Å². The number of ether oxygens (including phenoxy) is 1. The van der Waals surface area contributed by atoms with Crippen molar-refractivity contribution < 1.29 is 14.3 Å². The Balaban J connectivity index is 1.64. The van der Waals surface area contributed by atoms with Crippen LogP contribution >= 0.6 is 11.3 Å². The minimum Gasteiger partial charge on any atom is -0.378 e. The summed E-state index contributed by atoms with van der Waals surface area (Å²) >= 11 is 1.61. The summed E-state index contributed by atoms with van der Waals surface area (Å²) < 4.78 is 5.32. The summed E-state index contributed by atoms with van der Waals surface area (Å²) in [6.45, 7) is 6.79. The summed E-state index contributed by atoms with van der Waals surface area (Å²) in [6, 6.07) is 2.30. The first-order valence-electron chi connectivity index (χ1n) is 9.41. The van der Waals surface area contributed by atoms with Crippen LogP contribution in [0, 0.1) is 5.92 Å². The molecule has 1 atom stereocenters. The van der Waals surface area contributed by atoms with Gasteiger partial charge in [-0.15, -0.1) is 11.3 Å². The van der Waals surface area contributed by atoms with Crippen LogP contribution in [0.1, 0.15) is 53.2 Å². The van der Waals surface area contributed by atoms with Crippen molar-refractivity contribution in [3.05, 3.63) is 21.4 Å². The number of nitrogens with zero attached hydrogens (tertiary/aromatic N) is 1. The quantitative estimate of drug-likeness (QED) is 0.874. The second-order valence-electron chi connectivity index (χ2n) is 6.93. The van der Waals surface area contributed by atoms with Crippen molar-refractivity contribution in [1.82, 2.24) is 10.2 Å². The molecular formula is C19H28N2O3S. The zero-order valence-electron chi connectivity index (χ0n) is 15.2. The molecule has 1 aromatic rings. The Kier molecular flexibility index (Phi) is 6.12. The van der Waals surface area contributed by atoms with Gasteiger partial charge in [-0.3, -0.25) is 9.59 Å².